The molecule has 2 heterocycles. The molecule has 1 aliphatic heterocycles. The Hall–Kier alpha value is -2.50. The lowest BCUT2D eigenvalue weighted by atomic mass is 10.1. The van der Waals surface area contributed by atoms with Crippen LogP contribution in [0.4, 0.5) is 11.4 Å². The Bertz CT molecular complexity index is 990. The molecular formula is C21H23ClN3O2+. The molecule has 0 atom stereocenters. The molecule has 0 radical (unpaired) electrons. The number of para-hydroxylation sites is 1. The van der Waals surface area contributed by atoms with E-state index in [4.69, 9.17) is 16.0 Å². The fourth-order valence-corrected chi connectivity index (χ4v) is 3.76. The first-order chi connectivity index (χ1) is 13.0. The lowest BCUT2D eigenvalue weighted by Crippen LogP contribution is -3.12. The number of halogens is 1. The molecule has 1 aliphatic rings. The van der Waals surface area contributed by atoms with E-state index in [2.05, 4.69) is 17.3 Å². The number of hydrogen-bond donors (Lipinski definition) is 2. The Kier molecular flexibility index (Phi) is 4.81. The summed E-state index contributed by atoms with van der Waals surface area (Å²) in [6, 6.07) is 13.3. The summed E-state index contributed by atoms with van der Waals surface area (Å²) in [6.45, 7) is 5.93. The average Bonchev–Trinajstić information content (AvgIpc) is 3.00. The number of hydrogen-bond acceptors (Lipinski definition) is 3. The van der Waals surface area contributed by atoms with Crippen molar-refractivity contribution in [3.05, 3.63) is 58.8 Å². The summed E-state index contributed by atoms with van der Waals surface area (Å²) in [5, 5.41) is 4.56. The van der Waals surface area contributed by atoms with Gasteiger partial charge in [-0.05, 0) is 31.2 Å². The lowest BCUT2D eigenvalue weighted by Gasteiger charge is -2.33. The largest absolute Gasteiger partial charge is 0.451 e. The maximum Gasteiger partial charge on any atom is 0.291 e. The van der Waals surface area contributed by atoms with E-state index < -0.39 is 0 Å². The summed E-state index contributed by atoms with van der Waals surface area (Å²) in [6.07, 6.45) is 0. The van der Waals surface area contributed by atoms with Crippen LogP contribution in [0.1, 0.15) is 16.1 Å². The number of carbonyl (C=O) groups is 1. The zero-order valence-electron chi connectivity index (χ0n) is 15.5. The van der Waals surface area contributed by atoms with Crippen molar-refractivity contribution < 1.29 is 14.1 Å². The number of benzene rings is 2. The molecule has 1 saturated heterocycles. The number of likely N-dealkylation sites (N-methyl/N-ethyl adjacent to an activating group) is 1. The molecule has 27 heavy (non-hydrogen) atoms. The van der Waals surface area contributed by atoms with Crippen molar-refractivity contribution in [2.24, 2.45) is 0 Å². The van der Waals surface area contributed by atoms with E-state index in [-0.39, 0.29) is 5.91 Å². The number of amides is 1. The maximum absolute atomic E-state index is 12.9. The van der Waals surface area contributed by atoms with Crippen molar-refractivity contribution >= 4 is 39.9 Å². The van der Waals surface area contributed by atoms with Crippen LogP contribution in [0.5, 0.6) is 0 Å². The van der Waals surface area contributed by atoms with Crippen LogP contribution in [0.15, 0.2) is 46.9 Å². The van der Waals surface area contributed by atoms with E-state index in [0.717, 1.165) is 42.8 Å². The lowest BCUT2D eigenvalue weighted by molar-refractivity contribution is -0.880. The van der Waals surface area contributed by atoms with Crippen LogP contribution in [-0.4, -0.2) is 39.1 Å². The number of anilines is 2. The number of quaternary nitrogens is 1. The Balaban J connectivity index is 1.64. The highest BCUT2D eigenvalue weighted by atomic mass is 35.5. The summed E-state index contributed by atoms with van der Waals surface area (Å²) < 4.78 is 5.80. The van der Waals surface area contributed by atoms with Crippen LogP contribution in [0.25, 0.3) is 11.0 Å². The number of fused-ring (bicyclic) bond motifs is 1. The highest BCUT2D eigenvalue weighted by molar-refractivity contribution is 6.31. The van der Waals surface area contributed by atoms with Crippen LogP contribution in [0, 0.1) is 6.92 Å². The first-order valence-electron chi connectivity index (χ1n) is 9.18. The minimum absolute atomic E-state index is 0.257. The molecule has 1 aromatic heterocycles. The fourth-order valence-electron chi connectivity index (χ4n) is 3.58. The second-order valence-electron chi connectivity index (χ2n) is 7.11. The molecule has 0 bridgehead atoms. The molecule has 5 nitrogen and oxygen atoms in total. The third kappa shape index (κ3) is 3.53. The molecule has 4 rings (SSSR count). The third-order valence-corrected chi connectivity index (χ3v) is 5.45. The van der Waals surface area contributed by atoms with Crippen LogP contribution < -0.4 is 15.1 Å². The van der Waals surface area contributed by atoms with Gasteiger partial charge in [-0.2, -0.15) is 0 Å². The van der Waals surface area contributed by atoms with Crippen LogP contribution in [0.2, 0.25) is 5.02 Å². The monoisotopic (exact) mass is 384 g/mol. The van der Waals surface area contributed by atoms with Gasteiger partial charge in [0.05, 0.1) is 44.6 Å². The van der Waals surface area contributed by atoms with Gasteiger partial charge < -0.3 is 19.5 Å². The molecule has 2 aromatic carbocycles. The first kappa shape index (κ1) is 17.9. The predicted octanol–water partition coefficient (Wildman–Crippen LogP) is 2.98. The summed E-state index contributed by atoms with van der Waals surface area (Å²) in [5.74, 6) is 0.0805. The molecule has 2 N–H and O–H groups in total. The van der Waals surface area contributed by atoms with Gasteiger partial charge in [-0.1, -0.05) is 29.8 Å². The molecule has 140 valence electrons. The maximum atomic E-state index is 12.9. The van der Waals surface area contributed by atoms with Gasteiger partial charge in [0, 0.05) is 16.0 Å². The minimum Gasteiger partial charge on any atom is -0.451 e. The van der Waals surface area contributed by atoms with Crippen molar-refractivity contribution in [1.29, 1.82) is 0 Å². The quantitative estimate of drug-likeness (QED) is 0.730. The van der Waals surface area contributed by atoms with Crippen molar-refractivity contribution in [1.82, 2.24) is 0 Å². The number of aryl methyl sites for hydroxylation is 1. The second kappa shape index (κ2) is 7.25. The summed E-state index contributed by atoms with van der Waals surface area (Å²) in [7, 11) is 2.20. The van der Waals surface area contributed by atoms with Crippen LogP contribution >= 0.6 is 11.6 Å². The smallest absolute Gasteiger partial charge is 0.291 e. The second-order valence-corrected chi connectivity index (χ2v) is 7.55. The van der Waals surface area contributed by atoms with E-state index in [1.807, 2.05) is 43.3 Å². The highest BCUT2D eigenvalue weighted by Gasteiger charge is 2.22. The SMILES string of the molecule is Cc1c(C(=O)Nc2cc(Cl)ccc2N2CC[NH+](C)CC2)oc2ccccc12. The number of nitrogens with zero attached hydrogens (tertiary/aromatic N) is 1. The topological polar surface area (TPSA) is 49.9 Å². The van der Waals surface area contributed by atoms with Gasteiger partial charge in [-0.25, -0.2) is 0 Å². The molecule has 6 heteroatoms. The third-order valence-electron chi connectivity index (χ3n) is 5.21. The first-order valence-corrected chi connectivity index (χ1v) is 9.56. The number of nitrogens with one attached hydrogen (secondary N) is 2. The molecular weight excluding hydrogens is 362 g/mol. The normalized spacial score (nSPS) is 15.3. The number of rotatable bonds is 3. The standard InChI is InChI=1S/C21H22ClN3O2/c1-14-16-5-3-4-6-19(16)27-20(14)21(26)23-17-13-15(22)7-8-18(17)25-11-9-24(2)10-12-25/h3-8,13H,9-12H2,1-2H3,(H,23,26)/p+1. The molecule has 0 unspecified atom stereocenters. The van der Waals surface area contributed by atoms with Gasteiger partial charge in [-0.3, -0.25) is 4.79 Å². The van der Waals surface area contributed by atoms with Gasteiger partial charge >= 0.3 is 0 Å². The fraction of sp³-hybridized carbons (Fsp3) is 0.286. The molecule has 1 fully saturated rings. The minimum atomic E-state index is -0.257. The zero-order chi connectivity index (χ0) is 19.0. The van der Waals surface area contributed by atoms with E-state index >= 15 is 0 Å². The molecule has 3 aromatic rings. The van der Waals surface area contributed by atoms with Crippen molar-refractivity contribution in [3.8, 4) is 0 Å². The molecule has 0 aliphatic carbocycles. The zero-order valence-corrected chi connectivity index (χ0v) is 16.3. The Labute approximate surface area is 163 Å². The summed E-state index contributed by atoms with van der Waals surface area (Å²) in [4.78, 5) is 16.7. The van der Waals surface area contributed by atoms with E-state index in [0.29, 0.717) is 22.1 Å². The predicted molar refractivity (Wildman–Crippen MR) is 109 cm³/mol. The number of piperazine rings is 1. The number of furan rings is 1. The van der Waals surface area contributed by atoms with Crippen molar-refractivity contribution in [3.63, 3.8) is 0 Å². The van der Waals surface area contributed by atoms with Gasteiger partial charge in [-0.15, -0.1) is 0 Å². The van der Waals surface area contributed by atoms with Gasteiger partial charge in [0.2, 0.25) is 0 Å². The summed E-state index contributed by atoms with van der Waals surface area (Å²) in [5.41, 5.74) is 3.27. The average molecular weight is 385 g/mol. The van der Waals surface area contributed by atoms with Crippen LogP contribution in [0.3, 0.4) is 0 Å². The van der Waals surface area contributed by atoms with Gasteiger partial charge in [0.1, 0.15) is 5.58 Å². The van der Waals surface area contributed by atoms with Gasteiger partial charge in [0.25, 0.3) is 5.91 Å². The Morgan fingerprint density at radius 3 is 2.67 bits per heavy atom. The molecule has 0 saturated carbocycles. The summed E-state index contributed by atoms with van der Waals surface area (Å²) >= 11 is 6.21. The molecule has 1 amide bonds. The number of carbonyl (C=O) groups excluding carboxylic acids is 1. The van der Waals surface area contributed by atoms with Crippen molar-refractivity contribution in [2.75, 3.05) is 43.4 Å². The van der Waals surface area contributed by atoms with E-state index in [1.165, 1.54) is 4.90 Å². The Morgan fingerprint density at radius 1 is 1.19 bits per heavy atom. The van der Waals surface area contributed by atoms with Gasteiger partial charge in [0.15, 0.2) is 5.76 Å². The van der Waals surface area contributed by atoms with E-state index in [1.54, 1.807) is 6.07 Å². The van der Waals surface area contributed by atoms with Crippen molar-refractivity contribution in [2.45, 2.75) is 6.92 Å². The van der Waals surface area contributed by atoms with E-state index in [9.17, 15) is 4.79 Å². The molecule has 0 spiro atoms. The van der Waals surface area contributed by atoms with Crippen LogP contribution in [-0.2, 0) is 0 Å². The Morgan fingerprint density at radius 2 is 1.93 bits per heavy atom. The highest BCUT2D eigenvalue weighted by Crippen LogP contribution is 2.31.